The van der Waals surface area contributed by atoms with Gasteiger partial charge in [0, 0.05) is 22.4 Å². The second-order valence-corrected chi connectivity index (χ2v) is 7.08. The molecule has 3 aromatic rings. The fraction of sp³-hybridized carbons (Fsp3) is 0.130. The zero-order valence-corrected chi connectivity index (χ0v) is 17.5. The van der Waals surface area contributed by atoms with Crippen molar-refractivity contribution >= 4 is 17.5 Å². The molecule has 2 atom stereocenters. The Morgan fingerprint density at radius 2 is 1.64 bits per heavy atom. The fourth-order valence-corrected chi connectivity index (χ4v) is 2.81. The summed E-state index contributed by atoms with van der Waals surface area (Å²) in [5.41, 5.74) is 7.38. The molecule has 7 N–H and O–H groups in total. The van der Waals surface area contributed by atoms with E-state index in [1.54, 1.807) is 36.4 Å². The predicted octanol–water partition coefficient (Wildman–Crippen LogP) is 0.302. The summed E-state index contributed by atoms with van der Waals surface area (Å²) in [6, 6.07) is 11.8. The fourth-order valence-electron chi connectivity index (χ4n) is 2.81. The molecule has 166 valence electrons. The van der Waals surface area contributed by atoms with Crippen LogP contribution in [0, 0.1) is 23.7 Å². The summed E-state index contributed by atoms with van der Waals surface area (Å²) in [6.07, 6.45) is 1.20. The number of anilines is 1. The lowest BCUT2D eigenvalue weighted by Gasteiger charge is -2.30. The number of nitrogens with two attached hydrogens (primary N) is 1. The molecule has 0 saturated carbocycles. The molecule has 33 heavy (non-hydrogen) atoms. The molecule has 0 aliphatic carbocycles. The van der Waals surface area contributed by atoms with Crippen molar-refractivity contribution in [1.82, 2.24) is 26.2 Å². The number of aromatic nitrogens is 3. The summed E-state index contributed by atoms with van der Waals surface area (Å²) in [5.74, 6) is 9.55. The summed E-state index contributed by atoms with van der Waals surface area (Å²) in [6.45, 7) is 1.26. The highest BCUT2D eigenvalue weighted by Gasteiger charge is 2.42. The third kappa shape index (κ3) is 5.74. The number of aliphatic hydroxyl groups is 1. The summed E-state index contributed by atoms with van der Waals surface area (Å²) >= 11 is 0. The van der Waals surface area contributed by atoms with Gasteiger partial charge in [0.1, 0.15) is 17.3 Å². The van der Waals surface area contributed by atoms with Crippen molar-refractivity contribution < 1.29 is 19.9 Å². The minimum absolute atomic E-state index is 0.00195. The molecule has 1 heterocycles. The molecule has 2 amide bonds. The molecule has 0 aliphatic rings. The number of hydroxylamine groups is 1. The Bertz CT molecular complexity index is 1240. The lowest BCUT2D eigenvalue weighted by Crippen LogP contribution is -2.57. The van der Waals surface area contributed by atoms with Crippen molar-refractivity contribution in [2.45, 2.75) is 18.6 Å². The maximum absolute atomic E-state index is 12.6. The van der Waals surface area contributed by atoms with E-state index in [1.807, 2.05) is 0 Å². The zero-order chi connectivity index (χ0) is 23.8. The number of hydrogen-bond donors (Lipinski definition) is 6. The van der Waals surface area contributed by atoms with E-state index < -0.39 is 23.5 Å². The van der Waals surface area contributed by atoms with Crippen molar-refractivity contribution in [1.29, 1.82) is 0 Å². The number of aromatic amines is 1. The number of amides is 2. The Kier molecular flexibility index (Phi) is 7.06. The lowest BCUT2D eigenvalue weighted by molar-refractivity contribution is -0.138. The summed E-state index contributed by atoms with van der Waals surface area (Å²) < 4.78 is 0. The van der Waals surface area contributed by atoms with Gasteiger partial charge in [-0.05, 0) is 67.3 Å². The van der Waals surface area contributed by atoms with Crippen molar-refractivity contribution in [2.75, 3.05) is 5.73 Å². The van der Waals surface area contributed by atoms with Crippen molar-refractivity contribution in [3.05, 3.63) is 77.1 Å². The maximum atomic E-state index is 12.6. The van der Waals surface area contributed by atoms with E-state index >= 15 is 0 Å². The van der Waals surface area contributed by atoms with Gasteiger partial charge >= 0.3 is 0 Å². The molecule has 10 nitrogen and oxygen atoms in total. The van der Waals surface area contributed by atoms with Crippen LogP contribution in [0.5, 0.6) is 0 Å². The second kappa shape index (κ2) is 10.1. The normalized spacial score (nSPS) is 12.7. The lowest BCUT2D eigenvalue weighted by atomic mass is 9.92. The number of rotatable bonds is 5. The molecule has 3 rings (SSSR count). The molecule has 1 aromatic heterocycles. The van der Waals surface area contributed by atoms with Gasteiger partial charge in [0.25, 0.3) is 11.8 Å². The smallest absolute Gasteiger partial charge is 0.269 e. The van der Waals surface area contributed by atoms with Crippen molar-refractivity contribution in [3.63, 3.8) is 0 Å². The first-order valence-electron chi connectivity index (χ1n) is 9.62. The van der Waals surface area contributed by atoms with Gasteiger partial charge in [-0.3, -0.25) is 14.8 Å². The van der Waals surface area contributed by atoms with Gasteiger partial charge in [0.2, 0.25) is 0 Å². The standard InChI is InChI=1S/C23H20N6O4/c1-23(32,19-14-25-29-27-19)20(22(31)28-33)26-21(30)17-10-6-15(7-11-17)4-2-3-5-16-8-12-18(24)13-9-16/h6-14,20,32-33H,24H2,1H3,(H,26,30)(H,28,31)(H,25,27,29)/t20-,23-/m1/s1. The van der Waals surface area contributed by atoms with Gasteiger partial charge in [-0.2, -0.15) is 15.4 Å². The molecule has 10 heteroatoms. The van der Waals surface area contributed by atoms with Crippen LogP contribution in [0.2, 0.25) is 0 Å². The van der Waals surface area contributed by atoms with Crippen LogP contribution in [0.3, 0.4) is 0 Å². The highest BCUT2D eigenvalue weighted by molar-refractivity contribution is 5.97. The van der Waals surface area contributed by atoms with Crippen LogP contribution in [0.4, 0.5) is 5.69 Å². The largest absolute Gasteiger partial charge is 0.399 e. The highest BCUT2D eigenvalue weighted by atomic mass is 16.5. The first-order chi connectivity index (χ1) is 15.8. The van der Waals surface area contributed by atoms with E-state index in [4.69, 9.17) is 10.9 Å². The van der Waals surface area contributed by atoms with Crippen LogP contribution >= 0.6 is 0 Å². The Morgan fingerprint density at radius 1 is 1.06 bits per heavy atom. The first-order valence-corrected chi connectivity index (χ1v) is 9.62. The number of benzene rings is 2. The van der Waals surface area contributed by atoms with Gasteiger partial charge in [0.05, 0.1) is 6.20 Å². The molecule has 0 aliphatic heterocycles. The van der Waals surface area contributed by atoms with Crippen LogP contribution in [0.25, 0.3) is 0 Å². The van der Waals surface area contributed by atoms with Crippen LogP contribution in [-0.2, 0) is 10.4 Å². The van der Waals surface area contributed by atoms with Crippen LogP contribution in [0.15, 0.2) is 54.7 Å². The highest BCUT2D eigenvalue weighted by Crippen LogP contribution is 2.22. The molecule has 0 radical (unpaired) electrons. The topological polar surface area (TPSA) is 166 Å². The number of carbonyl (C=O) groups is 2. The number of nitrogens with zero attached hydrogens (tertiary/aromatic N) is 2. The second-order valence-electron chi connectivity index (χ2n) is 7.08. The Balaban J connectivity index is 1.70. The van der Waals surface area contributed by atoms with Crippen LogP contribution < -0.4 is 16.5 Å². The first kappa shape index (κ1) is 23.0. The third-order valence-corrected chi connectivity index (χ3v) is 4.68. The predicted molar refractivity (Wildman–Crippen MR) is 118 cm³/mol. The van der Waals surface area contributed by atoms with E-state index in [0.29, 0.717) is 11.3 Å². The van der Waals surface area contributed by atoms with Gasteiger partial charge < -0.3 is 16.2 Å². The molecule has 0 saturated heterocycles. The Hall–Kier alpha value is -4.64. The van der Waals surface area contributed by atoms with E-state index in [2.05, 4.69) is 44.4 Å². The van der Waals surface area contributed by atoms with Gasteiger partial charge in [-0.25, -0.2) is 5.48 Å². The average molecular weight is 444 g/mol. The van der Waals surface area contributed by atoms with E-state index in [9.17, 15) is 14.7 Å². The summed E-state index contributed by atoms with van der Waals surface area (Å²) in [7, 11) is 0. The average Bonchev–Trinajstić information content (AvgIpc) is 3.37. The number of hydrogen-bond acceptors (Lipinski definition) is 7. The number of carbonyl (C=O) groups excluding carboxylic acids is 2. The van der Waals surface area contributed by atoms with Gasteiger partial charge in [-0.1, -0.05) is 11.8 Å². The van der Waals surface area contributed by atoms with Gasteiger partial charge in [0.15, 0.2) is 0 Å². The third-order valence-electron chi connectivity index (χ3n) is 4.68. The molecule has 0 unspecified atom stereocenters. The van der Waals surface area contributed by atoms with Crippen LogP contribution in [0.1, 0.15) is 34.1 Å². The van der Waals surface area contributed by atoms with Crippen molar-refractivity contribution in [2.24, 2.45) is 0 Å². The maximum Gasteiger partial charge on any atom is 0.269 e. The van der Waals surface area contributed by atoms with E-state index in [1.165, 1.54) is 30.7 Å². The Labute approximate surface area is 189 Å². The molecular formula is C23H20N6O4. The molecule has 0 fully saturated rings. The van der Waals surface area contributed by atoms with E-state index in [-0.39, 0.29) is 11.3 Å². The quantitative estimate of drug-likeness (QED) is 0.142. The number of nitrogens with one attached hydrogen (secondary N) is 3. The number of nitrogen functional groups attached to an aromatic ring is 1. The van der Waals surface area contributed by atoms with Crippen LogP contribution in [-0.4, -0.2) is 43.6 Å². The van der Waals surface area contributed by atoms with Crippen molar-refractivity contribution in [3.8, 4) is 23.7 Å². The SMILES string of the molecule is C[C@@](O)(c1cn[nH]n1)[C@H](NC(=O)c1ccc(C#CC#Cc2ccc(N)cc2)cc1)C(=O)NO. The van der Waals surface area contributed by atoms with E-state index in [0.717, 1.165) is 5.56 Å². The van der Waals surface area contributed by atoms with Gasteiger partial charge in [-0.15, -0.1) is 0 Å². The monoisotopic (exact) mass is 444 g/mol. The molecule has 0 bridgehead atoms. The summed E-state index contributed by atoms with van der Waals surface area (Å²) in [5, 5.41) is 31.8. The minimum atomic E-state index is -1.95. The molecule has 0 spiro atoms. The summed E-state index contributed by atoms with van der Waals surface area (Å²) in [4.78, 5) is 24.8. The zero-order valence-electron chi connectivity index (χ0n) is 17.5. The molecular weight excluding hydrogens is 424 g/mol. The Morgan fingerprint density at radius 3 is 2.15 bits per heavy atom. The molecule has 2 aromatic carbocycles. The minimum Gasteiger partial charge on any atom is -0.399 e. The number of H-pyrrole nitrogens is 1.